The van der Waals surface area contributed by atoms with Crippen molar-refractivity contribution >= 4 is 11.8 Å². The summed E-state index contributed by atoms with van der Waals surface area (Å²) < 4.78 is 17.2. The highest BCUT2D eigenvalue weighted by molar-refractivity contribution is 5.97. The van der Waals surface area contributed by atoms with Crippen LogP contribution in [0.25, 0.3) is 0 Å². The minimum absolute atomic E-state index is 0.00472. The summed E-state index contributed by atoms with van der Waals surface area (Å²) in [7, 11) is 0. The van der Waals surface area contributed by atoms with Gasteiger partial charge in [-0.2, -0.15) is 0 Å². The lowest BCUT2D eigenvalue weighted by Crippen LogP contribution is -2.48. The van der Waals surface area contributed by atoms with Crippen LogP contribution in [0.4, 0.5) is 0 Å². The van der Waals surface area contributed by atoms with E-state index in [1.165, 1.54) is 0 Å². The van der Waals surface area contributed by atoms with E-state index in [0.29, 0.717) is 49.7 Å². The zero-order chi connectivity index (χ0) is 25.3. The Balaban J connectivity index is 1.28. The van der Waals surface area contributed by atoms with Gasteiger partial charge in [-0.25, -0.2) is 0 Å². The van der Waals surface area contributed by atoms with Gasteiger partial charge >= 0.3 is 0 Å². The van der Waals surface area contributed by atoms with E-state index in [9.17, 15) is 9.59 Å². The van der Waals surface area contributed by atoms with Crippen LogP contribution < -0.4 is 14.8 Å². The van der Waals surface area contributed by atoms with Gasteiger partial charge in [0.2, 0.25) is 0 Å². The molecule has 3 aromatic rings. The topological polar surface area (TPSA) is 77.1 Å². The van der Waals surface area contributed by atoms with Gasteiger partial charge in [0, 0.05) is 25.2 Å². The van der Waals surface area contributed by atoms with Gasteiger partial charge in [0.25, 0.3) is 11.8 Å². The predicted molar refractivity (Wildman–Crippen MR) is 137 cm³/mol. The molecule has 36 heavy (non-hydrogen) atoms. The van der Waals surface area contributed by atoms with Gasteiger partial charge in [-0.3, -0.25) is 9.59 Å². The van der Waals surface area contributed by atoms with Gasteiger partial charge in [-0.15, -0.1) is 0 Å². The second-order valence-corrected chi connectivity index (χ2v) is 8.85. The zero-order valence-electron chi connectivity index (χ0n) is 20.7. The van der Waals surface area contributed by atoms with Crippen LogP contribution in [0.15, 0.2) is 78.9 Å². The fourth-order valence-electron chi connectivity index (χ4n) is 4.18. The van der Waals surface area contributed by atoms with Gasteiger partial charge in [0.1, 0.15) is 24.7 Å². The van der Waals surface area contributed by atoms with Crippen LogP contribution in [0.3, 0.4) is 0 Å². The number of rotatable bonds is 9. The van der Waals surface area contributed by atoms with Crippen LogP contribution in [-0.2, 0) is 11.3 Å². The summed E-state index contributed by atoms with van der Waals surface area (Å²) >= 11 is 0. The van der Waals surface area contributed by atoms with Crippen molar-refractivity contribution in [2.45, 2.75) is 32.6 Å². The minimum atomic E-state index is -0.231. The van der Waals surface area contributed by atoms with E-state index in [0.717, 1.165) is 11.3 Å². The molecule has 0 radical (unpaired) electrons. The number of nitrogens with one attached hydrogen (secondary N) is 1. The summed E-state index contributed by atoms with van der Waals surface area (Å²) in [6.07, 6.45) is 0.0471. The summed E-state index contributed by atoms with van der Waals surface area (Å²) in [5, 5.41) is 2.93. The third-order valence-corrected chi connectivity index (χ3v) is 5.85. The number of morpholine rings is 1. The van der Waals surface area contributed by atoms with Crippen LogP contribution in [0.5, 0.6) is 11.5 Å². The molecule has 2 unspecified atom stereocenters. The number of benzene rings is 3. The maximum atomic E-state index is 12.9. The average molecular weight is 489 g/mol. The molecular formula is C29H32N2O5. The first-order valence-electron chi connectivity index (χ1n) is 12.2. The highest BCUT2D eigenvalue weighted by Crippen LogP contribution is 2.19. The number of ether oxygens (including phenoxy) is 3. The van der Waals surface area contributed by atoms with Crippen molar-refractivity contribution in [1.29, 1.82) is 0 Å². The van der Waals surface area contributed by atoms with Crippen molar-refractivity contribution in [1.82, 2.24) is 10.2 Å². The van der Waals surface area contributed by atoms with E-state index in [-0.39, 0.29) is 24.0 Å². The third kappa shape index (κ3) is 6.86. The minimum Gasteiger partial charge on any atom is -0.490 e. The standard InChI is InChI=1S/C29H32N2O5/c1-21-19-31(20-22(2)36-21)29(33)24-14-12-23(13-15-24)18-30-28(32)26-10-6-7-11-27(26)35-17-16-34-25-8-4-3-5-9-25/h3-15,21-22H,16-20H2,1-2H3,(H,30,32). The van der Waals surface area contributed by atoms with Gasteiger partial charge in [-0.05, 0) is 55.8 Å². The fourth-order valence-corrected chi connectivity index (χ4v) is 4.18. The quantitative estimate of drug-likeness (QED) is 0.454. The molecule has 1 N–H and O–H groups in total. The lowest BCUT2D eigenvalue weighted by atomic mass is 10.1. The molecule has 1 saturated heterocycles. The molecule has 0 spiro atoms. The molecular weight excluding hydrogens is 456 g/mol. The van der Waals surface area contributed by atoms with Gasteiger partial charge in [-0.1, -0.05) is 42.5 Å². The largest absolute Gasteiger partial charge is 0.490 e. The molecule has 1 fully saturated rings. The molecule has 0 bridgehead atoms. The monoisotopic (exact) mass is 488 g/mol. The number of hydrogen-bond donors (Lipinski definition) is 1. The van der Waals surface area contributed by atoms with E-state index in [2.05, 4.69) is 5.32 Å². The normalized spacial score (nSPS) is 17.3. The van der Waals surface area contributed by atoms with Crippen molar-refractivity contribution in [3.63, 3.8) is 0 Å². The number of para-hydroxylation sites is 2. The van der Waals surface area contributed by atoms with Gasteiger partial charge < -0.3 is 24.4 Å². The summed E-state index contributed by atoms with van der Waals surface area (Å²) in [5.74, 6) is 1.04. The Morgan fingerprint density at radius 1 is 0.861 bits per heavy atom. The van der Waals surface area contributed by atoms with E-state index in [1.54, 1.807) is 30.3 Å². The molecule has 2 amide bonds. The number of amides is 2. The molecule has 0 saturated carbocycles. The molecule has 0 aromatic heterocycles. The highest BCUT2D eigenvalue weighted by Gasteiger charge is 2.26. The summed E-state index contributed by atoms with van der Waals surface area (Å²) in [5.41, 5.74) is 1.99. The highest BCUT2D eigenvalue weighted by atomic mass is 16.5. The third-order valence-electron chi connectivity index (χ3n) is 5.85. The Kier molecular flexibility index (Phi) is 8.57. The first-order valence-corrected chi connectivity index (χ1v) is 12.2. The maximum absolute atomic E-state index is 12.9. The number of nitrogens with zero attached hydrogens (tertiary/aromatic N) is 1. The molecule has 7 nitrogen and oxygen atoms in total. The van der Waals surface area contributed by atoms with E-state index >= 15 is 0 Å². The second kappa shape index (κ2) is 12.2. The average Bonchev–Trinajstić information content (AvgIpc) is 2.90. The Hall–Kier alpha value is -3.84. The van der Waals surface area contributed by atoms with Crippen molar-refractivity contribution in [3.05, 3.63) is 95.6 Å². The smallest absolute Gasteiger partial charge is 0.255 e. The molecule has 2 atom stereocenters. The van der Waals surface area contributed by atoms with E-state index in [1.807, 2.05) is 67.3 Å². The molecule has 3 aromatic carbocycles. The Labute approximate surface area is 212 Å². The lowest BCUT2D eigenvalue weighted by Gasteiger charge is -2.35. The van der Waals surface area contributed by atoms with Crippen LogP contribution in [-0.4, -0.2) is 55.2 Å². The first-order chi connectivity index (χ1) is 17.5. The molecule has 4 rings (SSSR count). The molecule has 1 aliphatic heterocycles. The zero-order valence-corrected chi connectivity index (χ0v) is 20.7. The first kappa shape index (κ1) is 25.3. The van der Waals surface area contributed by atoms with Crippen molar-refractivity contribution in [3.8, 4) is 11.5 Å². The van der Waals surface area contributed by atoms with Crippen LogP contribution >= 0.6 is 0 Å². The van der Waals surface area contributed by atoms with Crippen LogP contribution in [0, 0.1) is 0 Å². The van der Waals surface area contributed by atoms with Crippen molar-refractivity contribution in [2.24, 2.45) is 0 Å². The Morgan fingerprint density at radius 3 is 2.22 bits per heavy atom. The number of carbonyl (C=O) groups is 2. The number of carbonyl (C=O) groups excluding carboxylic acids is 2. The molecule has 1 aliphatic rings. The van der Waals surface area contributed by atoms with Gasteiger partial charge in [0.05, 0.1) is 17.8 Å². The Morgan fingerprint density at radius 2 is 1.50 bits per heavy atom. The van der Waals surface area contributed by atoms with Crippen LogP contribution in [0.2, 0.25) is 0 Å². The molecule has 0 aliphatic carbocycles. The number of hydrogen-bond acceptors (Lipinski definition) is 5. The van der Waals surface area contributed by atoms with Crippen molar-refractivity contribution < 1.29 is 23.8 Å². The Bertz CT molecular complexity index is 1140. The SMILES string of the molecule is CC1CN(C(=O)c2ccc(CNC(=O)c3ccccc3OCCOc3ccccc3)cc2)CC(C)O1. The second-order valence-electron chi connectivity index (χ2n) is 8.85. The molecule has 7 heteroatoms. The van der Waals surface area contributed by atoms with Gasteiger partial charge in [0.15, 0.2) is 0 Å². The molecule has 1 heterocycles. The van der Waals surface area contributed by atoms with Crippen LogP contribution in [0.1, 0.15) is 40.1 Å². The summed E-state index contributed by atoms with van der Waals surface area (Å²) in [6, 6.07) is 24.0. The van der Waals surface area contributed by atoms with Crippen molar-refractivity contribution in [2.75, 3.05) is 26.3 Å². The van der Waals surface area contributed by atoms with E-state index in [4.69, 9.17) is 14.2 Å². The summed E-state index contributed by atoms with van der Waals surface area (Å²) in [4.78, 5) is 27.5. The predicted octanol–water partition coefficient (Wildman–Crippen LogP) is 4.32. The molecule has 188 valence electrons. The van der Waals surface area contributed by atoms with E-state index < -0.39 is 0 Å². The lowest BCUT2D eigenvalue weighted by molar-refractivity contribution is -0.0586. The summed E-state index contributed by atoms with van der Waals surface area (Å²) in [6.45, 7) is 6.14. The maximum Gasteiger partial charge on any atom is 0.255 e. The fraction of sp³-hybridized carbons (Fsp3) is 0.310.